The van der Waals surface area contributed by atoms with Gasteiger partial charge >= 0.3 is 11.9 Å². The van der Waals surface area contributed by atoms with Gasteiger partial charge in [-0.15, -0.1) is 0 Å². The summed E-state index contributed by atoms with van der Waals surface area (Å²) >= 11 is 0. The highest BCUT2D eigenvalue weighted by molar-refractivity contribution is 5.90. The molecule has 1 aliphatic carbocycles. The SMILES string of the molecule is COC(=O)c1cccc(-c2ccc(CC[C@@H]3C[C@H]3C(=O)O)cc2)c1. The van der Waals surface area contributed by atoms with Gasteiger partial charge in [-0.1, -0.05) is 36.4 Å². The summed E-state index contributed by atoms with van der Waals surface area (Å²) in [6, 6.07) is 15.6. The number of carbonyl (C=O) groups excluding carboxylic acids is 1. The van der Waals surface area contributed by atoms with Gasteiger partial charge in [-0.2, -0.15) is 0 Å². The van der Waals surface area contributed by atoms with E-state index in [1.54, 1.807) is 6.07 Å². The quantitative estimate of drug-likeness (QED) is 0.821. The second kappa shape index (κ2) is 6.87. The molecule has 0 spiro atoms. The number of aliphatic carboxylic acids is 1. The minimum absolute atomic E-state index is 0.134. The summed E-state index contributed by atoms with van der Waals surface area (Å²) in [5.74, 6) is -0.809. The Hall–Kier alpha value is -2.62. The molecule has 1 N–H and O–H groups in total. The highest BCUT2D eigenvalue weighted by atomic mass is 16.5. The molecule has 0 aliphatic heterocycles. The van der Waals surface area contributed by atoms with E-state index in [0.717, 1.165) is 30.4 Å². The lowest BCUT2D eigenvalue weighted by molar-refractivity contribution is -0.138. The standard InChI is InChI=1S/C20H20O4/c1-24-20(23)17-4-2-3-15(11-17)14-8-5-13(6-9-14)7-10-16-12-18(16)19(21)22/h2-6,8-9,11,16,18H,7,10,12H2,1H3,(H,21,22)/t16-,18-/m1/s1. The Morgan fingerprint density at radius 1 is 1.12 bits per heavy atom. The highest BCUT2D eigenvalue weighted by Gasteiger charge is 2.42. The number of carboxylic acid groups (broad SMARTS) is 1. The third-order valence-corrected chi connectivity index (χ3v) is 4.61. The summed E-state index contributed by atoms with van der Waals surface area (Å²) in [7, 11) is 1.37. The molecule has 0 saturated heterocycles. The summed E-state index contributed by atoms with van der Waals surface area (Å²) in [6.07, 6.45) is 2.64. The average Bonchev–Trinajstić information content (AvgIpc) is 3.40. The smallest absolute Gasteiger partial charge is 0.337 e. The van der Waals surface area contributed by atoms with Crippen molar-refractivity contribution in [1.82, 2.24) is 0 Å². The lowest BCUT2D eigenvalue weighted by Crippen LogP contribution is -2.00. The molecule has 1 saturated carbocycles. The maximum atomic E-state index is 11.6. The van der Waals surface area contributed by atoms with Crippen LogP contribution in [0.15, 0.2) is 48.5 Å². The average molecular weight is 324 g/mol. The minimum atomic E-state index is -0.666. The second-order valence-electron chi connectivity index (χ2n) is 6.25. The third kappa shape index (κ3) is 3.65. The Bertz CT molecular complexity index is 748. The van der Waals surface area contributed by atoms with E-state index in [0.29, 0.717) is 11.5 Å². The molecule has 0 unspecified atom stereocenters. The number of methoxy groups -OCH3 is 1. The molecule has 1 fully saturated rings. The van der Waals surface area contributed by atoms with Crippen LogP contribution in [0.4, 0.5) is 0 Å². The van der Waals surface area contributed by atoms with Crippen molar-refractivity contribution in [2.45, 2.75) is 19.3 Å². The number of benzene rings is 2. The first-order valence-electron chi connectivity index (χ1n) is 8.09. The van der Waals surface area contributed by atoms with E-state index in [9.17, 15) is 9.59 Å². The van der Waals surface area contributed by atoms with Crippen LogP contribution in [0.25, 0.3) is 11.1 Å². The number of rotatable bonds is 6. The molecule has 0 radical (unpaired) electrons. The van der Waals surface area contributed by atoms with Crippen molar-refractivity contribution in [3.63, 3.8) is 0 Å². The Balaban J connectivity index is 1.64. The topological polar surface area (TPSA) is 63.6 Å². The zero-order valence-corrected chi connectivity index (χ0v) is 13.6. The van der Waals surface area contributed by atoms with Crippen LogP contribution < -0.4 is 0 Å². The molecule has 24 heavy (non-hydrogen) atoms. The fourth-order valence-electron chi connectivity index (χ4n) is 3.03. The first kappa shape index (κ1) is 16.2. The van der Waals surface area contributed by atoms with Gasteiger partial charge in [-0.25, -0.2) is 4.79 Å². The Morgan fingerprint density at radius 2 is 1.88 bits per heavy atom. The van der Waals surface area contributed by atoms with Crippen molar-refractivity contribution in [2.24, 2.45) is 11.8 Å². The predicted octanol–water partition coefficient (Wildman–Crippen LogP) is 3.79. The molecule has 0 heterocycles. The normalized spacial score (nSPS) is 18.9. The van der Waals surface area contributed by atoms with Crippen LogP contribution in [0.5, 0.6) is 0 Å². The molecule has 2 aromatic carbocycles. The van der Waals surface area contributed by atoms with Crippen molar-refractivity contribution in [3.8, 4) is 11.1 Å². The lowest BCUT2D eigenvalue weighted by Gasteiger charge is -2.06. The summed E-state index contributed by atoms with van der Waals surface area (Å²) in [6.45, 7) is 0. The van der Waals surface area contributed by atoms with E-state index in [4.69, 9.17) is 9.84 Å². The summed E-state index contributed by atoms with van der Waals surface area (Å²) in [5, 5.41) is 8.93. The van der Waals surface area contributed by atoms with Crippen molar-refractivity contribution < 1.29 is 19.4 Å². The van der Waals surface area contributed by atoms with Crippen molar-refractivity contribution >= 4 is 11.9 Å². The van der Waals surface area contributed by atoms with Crippen LogP contribution in [-0.2, 0) is 16.0 Å². The first-order valence-corrected chi connectivity index (χ1v) is 8.09. The maximum absolute atomic E-state index is 11.6. The Morgan fingerprint density at radius 3 is 2.50 bits per heavy atom. The van der Waals surface area contributed by atoms with E-state index in [-0.39, 0.29) is 11.9 Å². The zero-order chi connectivity index (χ0) is 17.1. The van der Waals surface area contributed by atoms with Gasteiger partial charge in [0.15, 0.2) is 0 Å². The molecule has 0 amide bonds. The maximum Gasteiger partial charge on any atom is 0.337 e. The molecule has 4 heteroatoms. The van der Waals surface area contributed by atoms with Crippen LogP contribution in [0.3, 0.4) is 0 Å². The van der Waals surface area contributed by atoms with Crippen molar-refractivity contribution in [1.29, 1.82) is 0 Å². The molecule has 0 aromatic heterocycles. The number of ether oxygens (including phenoxy) is 1. The van der Waals surface area contributed by atoms with Crippen molar-refractivity contribution in [3.05, 3.63) is 59.7 Å². The fraction of sp³-hybridized carbons (Fsp3) is 0.300. The van der Waals surface area contributed by atoms with Gasteiger partial charge in [0.1, 0.15) is 0 Å². The van der Waals surface area contributed by atoms with E-state index in [1.807, 2.05) is 30.3 Å². The van der Waals surface area contributed by atoms with Gasteiger partial charge in [0, 0.05) is 0 Å². The van der Waals surface area contributed by atoms with Crippen molar-refractivity contribution in [2.75, 3.05) is 7.11 Å². The molecule has 3 rings (SSSR count). The number of aryl methyl sites for hydroxylation is 1. The van der Waals surface area contributed by atoms with Gasteiger partial charge in [0.2, 0.25) is 0 Å². The van der Waals surface area contributed by atoms with Crippen LogP contribution >= 0.6 is 0 Å². The number of carbonyl (C=O) groups is 2. The molecule has 0 bridgehead atoms. The van der Waals surface area contributed by atoms with Gasteiger partial charge < -0.3 is 9.84 Å². The molecule has 124 valence electrons. The van der Waals surface area contributed by atoms with Gasteiger partial charge in [-0.3, -0.25) is 4.79 Å². The summed E-state index contributed by atoms with van der Waals surface area (Å²) in [4.78, 5) is 22.5. The fourth-order valence-corrected chi connectivity index (χ4v) is 3.03. The van der Waals surface area contributed by atoms with Crippen LogP contribution in [0.1, 0.15) is 28.8 Å². The minimum Gasteiger partial charge on any atom is -0.481 e. The Kier molecular flexibility index (Phi) is 4.65. The lowest BCUT2D eigenvalue weighted by atomic mass is 10.00. The largest absolute Gasteiger partial charge is 0.481 e. The van der Waals surface area contributed by atoms with Gasteiger partial charge in [0.25, 0.3) is 0 Å². The van der Waals surface area contributed by atoms with Crippen LogP contribution in [-0.4, -0.2) is 24.2 Å². The van der Waals surface area contributed by atoms with E-state index < -0.39 is 5.97 Å². The van der Waals surface area contributed by atoms with E-state index in [2.05, 4.69) is 12.1 Å². The number of hydrogen-bond donors (Lipinski definition) is 1. The number of carboxylic acids is 1. The molecule has 2 atom stereocenters. The number of esters is 1. The molecular formula is C20H20O4. The van der Waals surface area contributed by atoms with Gasteiger partial charge in [-0.05, 0) is 54.0 Å². The first-order chi connectivity index (χ1) is 11.6. The van der Waals surface area contributed by atoms with Gasteiger partial charge in [0.05, 0.1) is 18.6 Å². The summed E-state index contributed by atoms with van der Waals surface area (Å²) < 4.78 is 4.75. The summed E-state index contributed by atoms with van der Waals surface area (Å²) in [5.41, 5.74) is 3.75. The second-order valence-corrected chi connectivity index (χ2v) is 6.25. The van der Waals surface area contributed by atoms with E-state index >= 15 is 0 Å². The predicted molar refractivity (Wildman–Crippen MR) is 90.8 cm³/mol. The monoisotopic (exact) mass is 324 g/mol. The molecular weight excluding hydrogens is 304 g/mol. The Labute approximate surface area is 141 Å². The molecule has 4 nitrogen and oxygen atoms in total. The molecule has 1 aliphatic rings. The number of hydrogen-bond acceptors (Lipinski definition) is 3. The zero-order valence-electron chi connectivity index (χ0n) is 13.6. The third-order valence-electron chi connectivity index (χ3n) is 4.61. The highest BCUT2D eigenvalue weighted by Crippen LogP contribution is 2.42. The molecule has 2 aromatic rings. The van der Waals surface area contributed by atoms with E-state index in [1.165, 1.54) is 12.7 Å². The van der Waals surface area contributed by atoms with Crippen LogP contribution in [0, 0.1) is 11.8 Å². The van der Waals surface area contributed by atoms with Crippen LogP contribution in [0.2, 0.25) is 0 Å².